The highest BCUT2D eigenvalue weighted by molar-refractivity contribution is 6.39. The third-order valence-corrected chi connectivity index (χ3v) is 8.43. The maximum atomic E-state index is 13.3. The summed E-state index contributed by atoms with van der Waals surface area (Å²) < 4.78 is 16.9. The molecule has 176 valence electrons. The van der Waals surface area contributed by atoms with Crippen LogP contribution in [0.3, 0.4) is 0 Å². The fourth-order valence-electron chi connectivity index (χ4n) is 7.23. The van der Waals surface area contributed by atoms with E-state index in [1.807, 2.05) is 55.5 Å². The van der Waals surface area contributed by atoms with Crippen LogP contribution in [0.4, 0.5) is 4.79 Å². The molecule has 9 rings (SSSR count). The second-order valence-corrected chi connectivity index (χ2v) is 10.2. The standard InChI is InChI=1S/C27H18N4O5/c1-27-23-13(28-26(34)35-23)10-16(36-27)30-14-8-4-2-6-11(14)17-19-20(25(33)29-24(19)32)18-12-7-3-5-9-15(12)31(27)22(18)21(17)30/h2-9,13,16,23H,10H2,1H3,(H,28,34)(H,29,32,33)/t13-,16-,23-,27+/m1/s1. The summed E-state index contributed by atoms with van der Waals surface area (Å²) in [5.41, 5.74) is 3.15. The Kier molecular flexibility index (Phi) is 3.00. The highest BCUT2D eigenvalue weighted by Crippen LogP contribution is 2.54. The first-order valence-corrected chi connectivity index (χ1v) is 12.0. The smallest absolute Gasteiger partial charge is 0.408 e. The van der Waals surface area contributed by atoms with Crippen LogP contribution in [0.25, 0.3) is 43.6 Å². The van der Waals surface area contributed by atoms with Gasteiger partial charge in [-0.2, -0.15) is 0 Å². The van der Waals surface area contributed by atoms with Crippen molar-refractivity contribution in [1.82, 2.24) is 19.8 Å². The number of fused-ring (bicyclic) bond motifs is 15. The summed E-state index contributed by atoms with van der Waals surface area (Å²) >= 11 is 0. The molecule has 4 aliphatic heterocycles. The fourth-order valence-corrected chi connectivity index (χ4v) is 7.23. The number of carbonyl (C=O) groups excluding carboxylic acids is 3. The van der Waals surface area contributed by atoms with Gasteiger partial charge in [-0.3, -0.25) is 14.9 Å². The van der Waals surface area contributed by atoms with Gasteiger partial charge in [-0.25, -0.2) is 4.79 Å². The van der Waals surface area contributed by atoms with Crippen LogP contribution in [-0.2, 0) is 15.2 Å². The van der Waals surface area contributed by atoms with Crippen molar-refractivity contribution in [3.63, 3.8) is 0 Å². The Bertz CT molecular complexity index is 1930. The minimum absolute atomic E-state index is 0.264. The molecule has 0 saturated carbocycles. The third-order valence-electron chi connectivity index (χ3n) is 8.43. The highest BCUT2D eigenvalue weighted by atomic mass is 16.6. The van der Waals surface area contributed by atoms with Gasteiger partial charge in [-0.15, -0.1) is 0 Å². The molecule has 0 spiro atoms. The predicted molar refractivity (Wildman–Crippen MR) is 130 cm³/mol. The molecule has 2 N–H and O–H groups in total. The first kappa shape index (κ1) is 18.9. The van der Waals surface area contributed by atoms with Crippen molar-refractivity contribution in [3.05, 3.63) is 59.7 Å². The van der Waals surface area contributed by atoms with E-state index < -0.39 is 30.1 Å². The Morgan fingerprint density at radius 2 is 1.53 bits per heavy atom. The number of ether oxygens (including phenoxy) is 2. The molecule has 3 amide bonds. The van der Waals surface area contributed by atoms with Crippen molar-refractivity contribution in [2.45, 2.75) is 37.4 Å². The number of imide groups is 1. The van der Waals surface area contributed by atoms with Gasteiger partial charge in [0, 0.05) is 28.0 Å². The second kappa shape index (κ2) is 5.71. The number of aromatic nitrogens is 2. The topological polar surface area (TPSA) is 104 Å². The van der Waals surface area contributed by atoms with Crippen LogP contribution in [-0.4, -0.2) is 39.2 Å². The molecular weight excluding hydrogens is 460 g/mol. The predicted octanol–water partition coefficient (Wildman–Crippen LogP) is 3.87. The van der Waals surface area contributed by atoms with E-state index in [1.165, 1.54) is 0 Å². The first-order chi connectivity index (χ1) is 17.5. The summed E-state index contributed by atoms with van der Waals surface area (Å²) in [5.74, 6) is -0.787. The number of nitrogens with zero attached hydrogens (tertiary/aromatic N) is 2. The average Bonchev–Trinajstić information content (AvgIpc) is 3.56. The van der Waals surface area contributed by atoms with Crippen LogP contribution < -0.4 is 10.6 Å². The van der Waals surface area contributed by atoms with Gasteiger partial charge in [0.25, 0.3) is 11.8 Å². The molecule has 0 radical (unpaired) electrons. The molecule has 0 aliphatic carbocycles. The number of hydrogen-bond donors (Lipinski definition) is 2. The van der Waals surface area contributed by atoms with Gasteiger partial charge in [0.1, 0.15) is 6.23 Å². The van der Waals surface area contributed by atoms with Crippen LogP contribution >= 0.6 is 0 Å². The van der Waals surface area contributed by atoms with Crippen LogP contribution in [0.2, 0.25) is 0 Å². The number of amides is 3. The zero-order valence-corrected chi connectivity index (χ0v) is 19.0. The van der Waals surface area contributed by atoms with E-state index in [2.05, 4.69) is 19.8 Å². The van der Waals surface area contributed by atoms with Crippen molar-refractivity contribution in [1.29, 1.82) is 0 Å². The van der Waals surface area contributed by atoms with Crippen LogP contribution in [0, 0.1) is 0 Å². The fraction of sp³-hybridized carbons (Fsp3) is 0.222. The van der Waals surface area contributed by atoms with Crippen molar-refractivity contribution in [2.24, 2.45) is 0 Å². The molecule has 9 heteroatoms. The Morgan fingerprint density at radius 1 is 0.889 bits per heavy atom. The SMILES string of the molecule is C[C@]12O[C@H](C[C@H]3NC(=O)O[C@H]31)n1c3ccccc3c3c4c(c5c6ccccc6n2c5c31)C(=O)NC4=O. The van der Waals surface area contributed by atoms with Gasteiger partial charge in [-0.05, 0) is 19.1 Å². The number of rotatable bonds is 0. The van der Waals surface area contributed by atoms with Crippen LogP contribution in [0.15, 0.2) is 48.5 Å². The molecule has 6 heterocycles. The minimum Gasteiger partial charge on any atom is -0.439 e. The Hall–Kier alpha value is -4.37. The molecule has 5 aromatic rings. The summed E-state index contributed by atoms with van der Waals surface area (Å²) in [6, 6.07) is 15.4. The van der Waals surface area contributed by atoms with Gasteiger partial charge in [0.2, 0.25) is 0 Å². The van der Waals surface area contributed by atoms with E-state index in [0.29, 0.717) is 22.9 Å². The lowest BCUT2D eigenvalue weighted by atomic mass is 9.94. The molecule has 9 nitrogen and oxygen atoms in total. The monoisotopic (exact) mass is 478 g/mol. The van der Waals surface area contributed by atoms with Crippen molar-refractivity contribution in [2.75, 3.05) is 0 Å². The van der Waals surface area contributed by atoms with E-state index in [4.69, 9.17) is 9.47 Å². The zero-order valence-electron chi connectivity index (χ0n) is 19.0. The van der Waals surface area contributed by atoms with Gasteiger partial charge < -0.3 is 23.9 Å². The maximum Gasteiger partial charge on any atom is 0.408 e. The van der Waals surface area contributed by atoms with E-state index in [9.17, 15) is 14.4 Å². The lowest BCUT2D eigenvalue weighted by Gasteiger charge is -2.44. The summed E-state index contributed by atoms with van der Waals surface area (Å²) in [5, 5.41) is 8.71. The Labute approximate surface area is 202 Å². The third kappa shape index (κ3) is 1.85. The second-order valence-electron chi connectivity index (χ2n) is 10.2. The molecule has 0 unspecified atom stereocenters. The van der Waals surface area contributed by atoms with E-state index >= 15 is 0 Å². The molecule has 2 saturated heterocycles. The number of hydrogen-bond acceptors (Lipinski definition) is 5. The summed E-state index contributed by atoms with van der Waals surface area (Å²) in [4.78, 5) is 39.0. The van der Waals surface area contributed by atoms with Crippen LogP contribution in [0.5, 0.6) is 0 Å². The lowest BCUT2D eigenvalue weighted by Crippen LogP contribution is -2.55. The van der Waals surface area contributed by atoms with Crippen molar-refractivity contribution in [3.8, 4) is 0 Å². The van der Waals surface area contributed by atoms with Gasteiger partial charge in [0.15, 0.2) is 11.8 Å². The number of nitrogens with one attached hydrogen (secondary N) is 2. The molecule has 2 aromatic heterocycles. The molecule has 36 heavy (non-hydrogen) atoms. The Morgan fingerprint density at radius 3 is 2.28 bits per heavy atom. The summed E-state index contributed by atoms with van der Waals surface area (Å²) in [6.45, 7) is 1.95. The average molecular weight is 478 g/mol. The lowest BCUT2D eigenvalue weighted by molar-refractivity contribution is -0.236. The quantitative estimate of drug-likeness (QED) is 0.329. The molecular formula is C27H18N4O5. The maximum absolute atomic E-state index is 13.3. The van der Waals surface area contributed by atoms with Gasteiger partial charge >= 0.3 is 6.09 Å². The highest BCUT2D eigenvalue weighted by Gasteiger charge is 2.58. The molecule has 3 aromatic carbocycles. The van der Waals surface area contributed by atoms with Gasteiger partial charge in [-0.1, -0.05) is 36.4 Å². The van der Waals surface area contributed by atoms with E-state index in [1.54, 1.807) is 0 Å². The van der Waals surface area contributed by atoms with Crippen molar-refractivity contribution >= 4 is 61.5 Å². The van der Waals surface area contributed by atoms with Crippen LogP contribution in [0.1, 0.15) is 40.3 Å². The molecule has 4 atom stereocenters. The van der Waals surface area contributed by atoms with E-state index in [-0.39, 0.29) is 11.9 Å². The Balaban J connectivity index is 1.63. The normalized spacial score (nSPS) is 28.0. The molecule has 2 bridgehead atoms. The first-order valence-electron chi connectivity index (χ1n) is 12.0. The van der Waals surface area contributed by atoms with Crippen molar-refractivity contribution < 1.29 is 23.9 Å². The number of benzene rings is 3. The number of para-hydroxylation sites is 2. The molecule has 2 fully saturated rings. The molecule has 4 aliphatic rings. The minimum atomic E-state index is -1.06. The summed E-state index contributed by atoms with van der Waals surface area (Å²) in [7, 11) is 0. The van der Waals surface area contributed by atoms with E-state index in [0.717, 1.165) is 38.2 Å². The zero-order chi connectivity index (χ0) is 24.1. The van der Waals surface area contributed by atoms with Gasteiger partial charge in [0.05, 0.1) is 39.2 Å². The summed E-state index contributed by atoms with van der Waals surface area (Å²) in [6.07, 6.45) is -0.960. The largest absolute Gasteiger partial charge is 0.439 e. The number of carbonyl (C=O) groups is 3. The number of alkyl carbamates (subject to hydrolysis) is 1.